The molecule has 19 heavy (non-hydrogen) atoms. The summed E-state index contributed by atoms with van der Waals surface area (Å²) >= 11 is 3.24. The van der Waals surface area contributed by atoms with Crippen molar-refractivity contribution in [2.75, 3.05) is 0 Å². The molecule has 2 rings (SSSR count). The fraction of sp³-hybridized carbons (Fsp3) is 0.143. The van der Waals surface area contributed by atoms with Crippen molar-refractivity contribution in [2.24, 2.45) is 5.73 Å². The molecule has 0 radical (unpaired) electrons. The molecule has 2 N–H and O–H groups in total. The molecule has 0 amide bonds. The smallest absolute Gasteiger partial charge is 0.126 e. The van der Waals surface area contributed by atoms with Crippen LogP contribution in [0, 0.1) is 17.5 Å². The third-order valence-corrected chi connectivity index (χ3v) is 3.25. The first-order chi connectivity index (χ1) is 8.95. The summed E-state index contributed by atoms with van der Waals surface area (Å²) in [7, 11) is 0. The Bertz CT molecular complexity index is 581. The van der Waals surface area contributed by atoms with Crippen LogP contribution in [0.3, 0.4) is 0 Å². The van der Waals surface area contributed by atoms with Crippen LogP contribution in [0.15, 0.2) is 40.9 Å². The van der Waals surface area contributed by atoms with Crippen LogP contribution in [0.25, 0.3) is 0 Å². The van der Waals surface area contributed by atoms with Crippen LogP contribution >= 0.6 is 15.9 Å². The van der Waals surface area contributed by atoms with Gasteiger partial charge in [0.15, 0.2) is 0 Å². The zero-order valence-electron chi connectivity index (χ0n) is 9.84. The van der Waals surface area contributed by atoms with Gasteiger partial charge in [-0.05, 0) is 47.9 Å². The van der Waals surface area contributed by atoms with E-state index in [4.69, 9.17) is 5.73 Å². The van der Waals surface area contributed by atoms with Crippen molar-refractivity contribution in [1.29, 1.82) is 0 Å². The van der Waals surface area contributed by atoms with Gasteiger partial charge in [-0.3, -0.25) is 0 Å². The zero-order valence-corrected chi connectivity index (χ0v) is 11.4. The molecule has 5 heteroatoms. The van der Waals surface area contributed by atoms with E-state index in [-0.39, 0.29) is 6.42 Å². The summed E-state index contributed by atoms with van der Waals surface area (Å²) in [6, 6.07) is 6.91. The monoisotopic (exact) mass is 329 g/mol. The molecule has 0 fully saturated rings. The van der Waals surface area contributed by atoms with Gasteiger partial charge in [-0.2, -0.15) is 0 Å². The quantitative estimate of drug-likeness (QED) is 0.901. The normalized spacial score (nSPS) is 12.5. The highest BCUT2D eigenvalue weighted by atomic mass is 79.9. The van der Waals surface area contributed by atoms with Crippen molar-refractivity contribution in [1.82, 2.24) is 0 Å². The Kier molecular flexibility index (Phi) is 4.27. The third-order valence-electron chi connectivity index (χ3n) is 2.76. The molecule has 2 aromatic carbocycles. The first-order valence-electron chi connectivity index (χ1n) is 5.61. The summed E-state index contributed by atoms with van der Waals surface area (Å²) in [4.78, 5) is 0. The molecule has 0 spiro atoms. The van der Waals surface area contributed by atoms with Gasteiger partial charge in [-0.1, -0.05) is 15.9 Å². The SMILES string of the molecule is NC(Cc1cc(Br)ccc1F)c1cc(F)cc(F)c1. The predicted octanol–water partition coefficient (Wildman–Crippen LogP) is 4.11. The highest BCUT2D eigenvalue weighted by Gasteiger charge is 2.13. The number of hydrogen-bond donors (Lipinski definition) is 1. The van der Waals surface area contributed by atoms with E-state index in [2.05, 4.69) is 15.9 Å². The second-order valence-corrected chi connectivity index (χ2v) is 5.16. The first kappa shape index (κ1) is 14.1. The number of rotatable bonds is 3. The van der Waals surface area contributed by atoms with Gasteiger partial charge in [0.25, 0.3) is 0 Å². The maximum Gasteiger partial charge on any atom is 0.126 e. The molecule has 0 aromatic heterocycles. The molecule has 1 nitrogen and oxygen atoms in total. The molecule has 0 aliphatic rings. The van der Waals surface area contributed by atoms with E-state index < -0.39 is 23.5 Å². The van der Waals surface area contributed by atoms with Crippen LogP contribution in [0.2, 0.25) is 0 Å². The molecule has 1 atom stereocenters. The summed E-state index contributed by atoms with van der Waals surface area (Å²) in [6.45, 7) is 0. The Hall–Kier alpha value is -1.33. The molecule has 0 saturated carbocycles. The average molecular weight is 330 g/mol. The summed E-state index contributed by atoms with van der Waals surface area (Å²) in [6.07, 6.45) is 0.161. The summed E-state index contributed by atoms with van der Waals surface area (Å²) in [5.41, 5.74) is 6.57. The highest BCUT2D eigenvalue weighted by Crippen LogP contribution is 2.22. The van der Waals surface area contributed by atoms with Gasteiger partial charge >= 0.3 is 0 Å². The van der Waals surface area contributed by atoms with Gasteiger partial charge in [-0.25, -0.2) is 13.2 Å². The standard InChI is InChI=1S/C14H11BrF3N/c15-10-1-2-13(18)8(3-10)6-14(19)9-4-11(16)7-12(17)5-9/h1-5,7,14H,6,19H2. The maximum atomic E-state index is 13.6. The summed E-state index contributed by atoms with van der Waals surface area (Å²) in [5, 5.41) is 0. The Balaban J connectivity index is 2.25. The number of hydrogen-bond acceptors (Lipinski definition) is 1. The number of benzene rings is 2. The molecule has 0 heterocycles. The molecule has 0 saturated heterocycles. The van der Waals surface area contributed by atoms with Gasteiger partial charge in [0.2, 0.25) is 0 Å². The van der Waals surface area contributed by atoms with Gasteiger partial charge in [0.05, 0.1) is 0 Å². The van der Waals surface area contributed by atoms with Gasteiger partial charge in [0, 0.05) is 16.6 Å². The Morgan fingerprint density at radius 1 is 1.00 bits per heavy atom. The van der Waals surface area contributed by atoms with Crippen molar-refractivity contribution in [3.63, 3.8) is 0 Å². The molecule has 100 valence electrons. The second-order valence-electron chi connectivity index (χ2n) is 4.25. The molecular formula is C14H11BrF3N. The van der Waals surface area contributed by atoms with E-state index in [1.807, 2.05) is 0 Å². The van der Waals surface area contributed by atoms with Gasteiger partial charge < -0.3 is 5.73 Å². The zero-order chi connectivity index (χ0) is 14.0. The third kappa shape index (κ3) is 3.58. The van der Waals surface area contributed by atoms with Crippen LogP contribution in [0.5, 0.6) is 0 Å². The lowest BCUT2D eigenvalue weighted by Crippen LogP contribution is -2.14. The molecule has 0 bridgehead atoms. The Labute approximate surface area is 117 Å². The topological polar surface area (TPSA) is 26.0 Å². The van der Waals surface area contributed by atoms with Crippen LogP contribution in [0.1, 0.15) is 17.2 Å². The molecule has 0 aliphatic carbocycles. The van der Waals surface area contributed by atoms with Gasteiger partial charge in [-0.15, -0.1) is 0 Å². The van der Waals surface area contributed by atoms with Crippen molar-refractivity contribution >= 4 is 15.9 Å². The van der Waals surface area contributed by atoms with E-state index in [1.165, 1.54) is 6.07 Å². The van der Waals surface area contributed by atoms with Crippen LogP contribution in [0.4, 0.5) is 13.2 Å². The fourth-order valence-corrected chi connectivity index (χ4v) is 2.25. The minimum atomic E-state index is -0.694. The minimum absolute atomic E-state index is 0.161. The second kappa shape index (κ2) is 5.75. The predicted molar refractivity (Wildman–Crippen MR) is 71.1 cm³/mol. The average Bonchev–Trinajstić information content (AvgIpc) is 2.32. The van der Waals surface area contributed by atoms with Crippen LogP contribution < -0.4 is 5.73 Å². The van der Waals surface area contributed by atoms with Crippen molar-refractivity contribution in [3.05, 3.63) is 69.4 Å². The Morgan fingerprint density at radius 2 is 1.63 bits per heavy atom. The lowest BCUT2D eigenvalue weighted by molar-refractivity contribution is 0.567. The largest absolute Gasteiger partial charge is 0.324 e. The lowest BCUT2D eigenvalue weighted by atomic mass is 9.99. The van der Waals surface area contributed by atoms with E-state index >= 15 is 0 Å². The van der Waals surface area contributed by atoms with Crippen molar-refractivity contribution < 1.29 is 13.2 Å². The first-order valence-corrected chi connectivity index (χ1v) is 6.40. The van der Waals surface area contributed by atoms with E-state index in [1.54, 1.807) is 12.1 Å². The number of halogens is 4. The maximum absolute atomic E-state index is 13.6. The Morgan fingerprint density at radius 3 is 2.26 bits per heavy atom. The minimum Gasteiger partial charge on any atom is -0.324 e. The molecule has 2 aromatic rings. The molecule has 1 unspecified atom stereocenters. The number of nitrogens with two attached hydrogens (primary N) is 1. The highest BCUT2D eigenvalue weighted by molar-refractivity contribution is 9.10. The molecular weight excluding hydrogens is 319 g/mol. The van der Waals surface area contributed by atoms with Crippen LogP contribution in [-0.2, 0) is 6.42 Å². The fourth-order valence-electron chi connectivity index (χ4n) is 1.84. The molecule has 0 aliphatic heterocycles. The van der Waals surface area contributed by atoms with E-state index in [9.17, 15) is 13.2 Å². The van der Waals surface area contributed by atoms with Crippen molar-refractivity contribution in [3.8, 4) is 0 Å². The van der Waals surface area contributed by atoms with Crippen molar-refractivity contribution in [2.45, 2.75) is 12.5 Å². The summed E-state index contributed by atoms with van der Waals surface area (Å²) in [5.74, 6) is -1.78. The van der Waals surface area contributed by atoms with Crippen LogP contribution in [-0.4, -0.2) is 0 Å². The van der Waals surface area contributed by atoms with Gasteiger partial charge in [0.1, 0.15) is 17.5 Å². The van der Waals surface area contributed by atoms with E-state index in [0.29, 0.717) is 11.1 Å². The summed E-state index contributed by atoms with van der Waals surface area (Å²) < 4.78 is 40.5. The lowest BCUT2D eigenvalue weighted by Gasteiger charge is -2.13. The van der Waals surface area contributed by atoms with E-state index in [0.717, 1.165) is 22.7 Å².